The van der Waals surface area contributed by atoms with Crippen molar-refractivity contribution < 1.29 is 9.50 Å². The molecule has 0 aliphatic heterocycles. The zero-order chi connectivity index (χ0) is 11.6. The molecule has 3 N–H and O–H groups in total. The van der Waals surface area contributed by atoms with Crippen LogP contribution in [0.2, 0.25) is 0 Å². The van der Waals surface area contributed by atoms with Crippen LogP contribution in [0.1, 0.15) is 31.0 Å². The lowest BCUT2D eigenvalue weighted by molar-refractivity contribution is 0.0976. The van der Waals surface area contributed by atoms with E-state index in [0.29, 0.717) is 11.1 Å². The molecule has 0 bridgehead atoms. The summed E-state index contributed by atoms with van der Waals surface area (Å²) in [6, 6.07) is 4.24. The van der Waals surface area contributed by atoms with Gasteiger partial charge in [0, 0.05) is 0 Å². The minimum atomic E-state index is -0.648. The Balaban J connectivity index is 3.01. The van der Waals surface area contributed by atoms with Crippen molar-refractivity contribution >= 4 is 0 Å². The van der Waals surface area contributed by atoms with Gasteiger partial charge in [-0.2, -0.15) is 0 Å². The largest absolute Gasteiger partial charge is 0.391 e. The number of aliphatic hydroxyl groups is 1. The molecule has 2 atom stereocenters. The van der Waals surface area contributed by atoms with Crippen molar-refractivity contribution in [3.8, 4) is 0 Å². The molecule has 0 aromatic heterocycles. The highest BCUT2D eigenvalue weighted by molar-refractivity contribution is 5.30. The summed E-state index contributed by atoms with van der Waals surface area (Å²) in [4.78, 5) is 0. The van der Waals surface area contributed by atoms with Crippen LogP contribution >= 0.6 is 0 Å². The molecule has 0 radical (unpaired) electrons. The van der Waals surface area contributed by atoms with Crippen LogP contribution in [0.5, 0.6) is 0 Å². The van der Waals surface area contributed by atoms with E-state index in [0.717, 1.165) is 0 Å². The number of hydrogen-bond acceptors (Lipinski definition) is 2. The molecule has 2 nitrogen and oxygen atoms in total. The molecule has 0 spiro atoms. The maximum Gasteiger partial charge on any atom is 0.126 e. The molecule has 0 aliphatic rings. The fourth-order valence-electron chi connectivity index (χ4n) is 1.58. The van der Waals surface area contributed by atoms with Crippen LogP contribution < -0.4 is 5.73 Å². The summed E-state index contributed by atoms with van der Waals surface area (Å²) in [6.07, 6.45) is -0.648. The SMILES string of the molecule is Cc1c(F)cccc1[C@@H](N)[C@@H](O)C(C)C. The van der Waals surface area contributed by atoms with E-state index in [-0.39, 0.29) is 11.7 Å². The number of hydrogen-bond donors (Lipinski definition) is 2. The van der Waals surface area contributed by atoms with Gasteiger partial charge in [0.05, 0.1) is 12.1 Å². The summed E-state index contributed by atoms with van der Waals surface area (Å²) < 4.78 is 13.3. The van der Waals surface area contributed by atoms with Crippen molar-refractivity contribution in [1.29, 1.82) is 0 Å². The van der Waals surface area contributed by atoms with E-state index in [2.05, 4.69) is 0 Å². The highest BCUT2D eigenvalue weighted by atomic mass is 19.1. The van der Waals surface area contributed by atoms with E-state index < -0.39 is 12.1 Å². The molecule has 0 saturated carbocycles. The summed E-state index contributed by atoms with van der Waals surface area (Å²) in [7, 11) is 0. The Morgan fingerprint density at radius 3 is 2.47 bits per heavy atom. The third-order valence-electron chi connectivity index (χ3n) is 2.72. The quantitative estimate of drug-likeness (QED) is 0.804. The lowest BCUT2D eigenvalue weighted by Crippen LogP contribution is -2.31. The summed E-state index contributed by atoms with van der Waals surface area (Å²) >= 11 is 0. The lowest BCUT2D eigenvalue weighted by atomic mass is 9.92. The fraction of sp³-hybridized carbons (Fsp3) is 0.500. The van der Waals surface area contributed by atoms with E-state index in [4.69, 9.17) is 5.73 Å². The lowest BCUT2D eigenvalue weighted by Gasteiger charge is -2.23. The van der Waals surface area contributed by atoms with Gasteiger partial charge in [0.1, 0.15) is 5.82 Å². The van der Waals surface area contributed by atoms with Gasteiger partial charge in [-0.3, -0.25) is 0 Å². The number of nitrogens with two attached hydrogens (primary N) is 1. The highest BCUT2D eigenvalue weighted by Crippen LogP contribution is 2.23. The minimum Gasteiger partial charge on any atom is -0.391 e. The molecule has 0 aliphatic carbocycles. The summed E-state index contributed by atoms with van der Waals surface area (Å²) in [5.41, 5.74) is 7.09. The first-order valence-corrected chi connectivity index (χ1v) is 5.13. The first-order chi connectivity index (χ1) is 6.95. The minimum absolute atomic E-state index is 0.0580. The molecule has 84 valence electrons. The Morgan fingerprint density at radius 2 is 1.93 bits per heavy atom. The van der Waals surface area contributed by atoms with Crippen molar-refractivity contribution in [2.45, 2.75) is 32.9 Å². The van der Waals surface area contributed by atoms with E-state index in [9.17, 15) is 9.50 Å². The van der Waals surface area contributed by atoms with Crippen molar-refractivity contribution in [2.24, 2.45) is 11.7 Å². The molecular weight excluding hydrogens is 193 g/mol. The number of halogens is 1. The van der Waals surface area contributed by atoms with Gasteiger partial charge in [-0.25, -0.2) is 4.39 Å². The smallest absolute Gasteiger partial charge is 0.126 e. The molecule has 0 heterocycles. The molecule has 15 heavy (non-hydrogen) atoms. The third-order valence-corrected chi connectivity index (χ3v) is 2.72. The van der Waals surface area contributed by atoms with Crippen molar-refractivity contribution in [2.75, 3.05) is 0 Å². The molecule has 0 saturated heterocycles. The van der Waals surface area contributed by atoms with E-state index in [1.165, 1.54) is 6.07 Å². The van der Waals surface area contributed by atoms with Crippen LogP contribution in [0.4, 0.5) is 4.39 Å². The van der Waals surface area contributed by atoms with Gasteiger partial charge in [-0.1, -0.05) is 26.0 Å². The molecule has 1 aromatic rings. The van der Waals surface area contributed by atoms with Gasteiger partial charge < -0.3 is 10.8 Å². The second-order valence-electron chi connectivity index (χ2n) is 4.21. The Labute approximate surface area is 89.9 Å². The molecule has 3 heteroatoms. The van der Waals surface area contributed by atoms with Gasteiger partial charge >= 0.3 is 0 Å². The van der Waals surface area contributed by atoms with Crippen LogP contribution in [-0.4, -0.2) is 11.2 Å². The Morgan fingerprint density at radius 1 is 1.33 bits per heavy atom. The average Bonchev–Trinajstić information content (AvgIpc) is 2.20. The van der Waals surface area contributed by atoms with Crippen LogP contribution in [0.3, 0.4) is 0 Å². The predicted molar refractivity (Wildman–Crippen MR) is 58.9 cm³/mol. The second-order valence-corrected chi connectivity index (χ2v) is 4.21. The highest BCUT2D eigenvalue weighted by Gasteiger charge is 2.22. The first kappa shape index (κ1) is 12.1. The molecule has 1 rings (SSSR count). The molecular formula is C12H18FNO. The summed E-state index contributed by atoms with van der Waals surface area (Å²) in [6.45, 7) is 5.45. The van der Waals surface area contributed by atoms with Crippen LogP contribution in [0.25, 0.3) is 0 Å². The van der Waals surface area contributed by atoms with Gasteiger partial charge in [0.25, 0.3) is 0 Å². The normalized spacial score (nSPS) is 15.4. The van der Waals surface area contributed by atoms with Crippen molar-refractivity contribution in [1.82, 2.24) is 0 Å². The van der Waals surface area contributed by atoms with Gasteiger partial charge in [0.2, 0.25) is 0 Å². The Hall–Kier alpha value is -0.930. The van der Waals surface area contributed by atoms with E-state index in [1.807, 2.05) is 13.8 Å². The average molecular weight is 211 g/mol. The summed E-state index contributed by atoms with van der Waals surface area (Å²) in [5, 5.41) is 9.82. The van der Waals surface area contributed by atoms with Gasteiger partial charge in [-0.05, 0) is 30.0 Å². The van der Waals surface area contributed by atoms with Gasteiger partial charge in [0.15, 0.2) is 0 Å². The van der Waals surface area contributed by atoms with Crippen LogP contribution in [0, 0.1) is 18.7 Å². The molecule has 0 fully saturated rings. The number of benzene rings is 1. The number of rotatable bonds is 3. The van der Waals surface area contributed by atoms with Crippen molar-refractivity contribution in [3.63, 3.8) is 0 Å². The van der Waals surface area contributed by atoms with Gasteiger partial charge in [-0.15, -0.1) is 0 Å². The maximum atomic E-state index is 13.3. The second kappa shape index (κ2) is 4.73. The van der Waals surface area contributed by atoms with Crippen molar-refractivity contribution in [3.05, 3.63) is 35.1 Å². The standard InChI is InChI=1S/C12H18FNO/c1-7(2)12(15)11(14)9-5-4-6-10(13)8(9)3/h4-7,11-12,15H,14H2,1-3H3/t11-,12+/m1/s1. The topological polar surface area (TPSA) is 46.2 Å². The first-order valence-electron chi connectivity index (χ1n) is 5.13. The van der Waals surface area contributed by atoms with Crippen LogP contribution in [0.15, 0.2) is 18.2 Å². The summed E-state index contributed by atoms with van der Waals surface area (Å²) in [5.74, 6) is -0.221. The Kier molecular flexibility index (Phi) is 3.83. The Bertz CT molecular complexity index is 338. The fourth-order valence-corrected chi connectivity index (χ4v) is 1.58. The van der Waals surface area contributed by atoms with Crippen LogP contribution in [-0.2, 0) is 0 Å². The zero-order valence-corrected chi connectivity index (χ0v) is 9.37. The molecule has 0 amide bonds. The maximum absolute atomic E-state index is 13.3. The van der Waals surface area contributed by atoms with E-state index in [1.54, 1.807) is 19.1 Å². The third kappa shape index (κ3) is 2.55. The monoisotopic (exact) mass is 211 g/mol. The zero-order valence-electron chi connectivity index (χ0n) is 9.37. The number of aliphatic hydroxyl groups excluding tert-OH is 1. The van der Waals surface area contributed by atoms with E-state index >= 15 is 0 Å². The predicted octanol–water partition coefficient (Wildman–Crippen LogP) is 2.15. The molecule has 1 aromatic carbocycles. The molecule has 0 unspecified atom stereocenters.